The SMILES string of the molecule is Cc1c(Nc2ccc(I)cc2F)c(OC(=O)NOC[C@H](O)CO)cn(C)c1=O. The molecular formula is C17H19FIN3O6. The summed E-state index contributed by atoms with van der Waals surface area (Å²) in [7, 11) is 1.48. The molecule has 1 atom stereocenters. The number of hydroxylamine groups is 1. The molecule has 0 aliphatic rings. The summed E-state index contributed by atoms with van der Waals surface area (Å²) < 4.78 is 21.2. The van der Waals surface area contributed by atoms with Crippen LogP contribution >= 0.6 is 22.6 Å². The maximum Gasteiger partial charge on any atom is 0.436 e. The highest BCUT2D eigenvalue weighted by molar-refractivity contribution is 14.1. The summed E-state index contributed by atoms with van der Waals surface area (Å²) in [6.45, 7) is 0.622. The standard InChI is InChI=1S/C17H19FIN3O6/c1-9-15(20-13-4-3-10(19)5-12(13)18)14(6-22(2)16(9)25)28-17(26)21-27-8-11(24)7-23/h3-6,11,20,23-24H,7-8H2,1-2H3,(H,21,26)/t11-/m1/s1. The number of aliphatic hydroxyl groups excluding tert-OH is 2. The van der Waals surface area contributed by atoms with Crippen molar-refractivity contribution < 1.29 is 29.0 Å². The fourth-order valence-corrected chi connectivity index (χ4v) is 2.64. The predicted octanol–water partition coefficient (Wildman–Crippen LogP) is 1.55. The molecule has 0 bridgehead atoms. The molecule has 0 fully saturated rings. The van der Waals surface area contributed by atoms with E-state index in [1.165, 1.54) is 36.9 Å². The molecule has 1 aromatic heterocycles. The van der Waals surface area contributed by atoms with Crippen LogP contribution in [0.1, 0.15) is 5.56 Å². The highest BCUT2D eigenvalue weighted by Crippen LogP contribution is 2.30. The molecule has 4 N–H and O–H groups in total. The zero-order valence-electron chi connectivity index (χ0n) is 15.0. The molecule has 2 rings (SSSR count). The monoisotopic (exact) mass is 507 g/mol. The Bertz CT molecular complexity index is 920. The van der Waals surface area contributed by atoms with Crippen LogP contribution in [0, 0.1) is 16.3 Å². The number of anilines is 2. The van der Waals surface area contributed by atoms with Gasteiger partial charge in [0.25, 0.3) is 5.56 Å². The van der Waals surface area contributed by atoms with E-state index in [1.54, 1.807) is 6.07 Å². The summed E-state index contributed by atoms with van der Waals surface area (Å²) in [5.41, 5.74) is 2.01. The van der Waals surface area contributed by atoms with Gasteiger partial charge in [-0.05, 0) is 47.7 Å². The molecule has 0 radical (unpaired) electrons. The Morgan fingerprint density at radius 2 is 2.14 bits per heavy atom. The third kappa shape index (κ3) is 5.64. The Hall–Kier alpha value is -2.22. The maximum atomic E-state index is 14.2. The number of pyridine rings is 1. The average molecular weight is 507 g/mol. The molecule has 0 spiro atoms. The van der Waals surface area contributed by atoms with E-state index in [1.807, 2.05) is 28.1 Å². The van der Waals surface area contributed by atoms with Gasteiger partial charge in [0, 0.05) is 16.2 Å². The normalized spacial score (nSPS) is 11.8. The number of carbonyl (C=O) groups excluding carboxylic acids is 1. The highest BCUT2D eigenvalue weighted by Gasteiger charge is 2.17. The number of aliphatic hydroxyl groups is 2. The number of hydrogen-bond donors (Lipinski definition) is 4. The lowest BCUT2D eigenvalue weighted by Crippen LogP contribution is -2.32. The first-order valence-electron chi connectivity index (χ1n) is 8.03. The zero-order chi connectivity index (χ0) is 20.8. The van der Waals surface area contributed by atoms with Gasteiger partial charge in [0.05, 0.1) is 24.2 Å². The predicted molar refractivity (Wildman–Crippen MR) is 107 cm³/mol. The van der Waals surface area contributed by atoms with Crippen LogP contribution in [0.4, 0.5) is 20.6 Å². The van der Waals surface area contributed by atoms with E-state index in [2.05, 4.69) is 5.32 Å². The van der Waals surface area contributed by atoms with Crippen molar-refractivity contribution in [1.29, 1.82) is 0 Å². The number of halogens is 2. The molecule has 9 nitrogen and oxygen atoms in total. The highest BCUT2D eigenvalue weighted by atomic mass is 127. The maximum absolute atomic E-state index is 14.2. The summed E-state index contributed by atoms with van der Waals surface area (Å²) in [6.07, 6.45) is -0.930. The largest absolute Gasteiger partial charge is 0.436 e. The number of nitrogens with one attached hydrogen (secondary N) is 2. The molecule has 152 valence electrons. The Labute approximate surface area is 173 Å². The topological polar surface area (TPSA) is 122 Å². The second-order valence-corrected chi connectivity index (χ2v) is 7.04. The van der Waals surface area contributed by atoms with Gasteiger partial charge in [-0.25, -0.2) is 9.18 Å². The lowest BCUT2D eigenvalue weighted by atomic mass is 10.2. The Balaban J connectivity index is 2.26. The number of amides is 1. The summed E-state index contributed by atoms with van der Waals surface area (Å²) in [6, 6.07) is 4.49. The van der Waals surface area contributed by atoms with Crippen LogP contribution < -0.4 is 21.1 Å². The van der Waals surface area contributed by atoms with Crippen LogP contribution in [0.25, 0.3) is 0 Å². The number of ether oxygens (including phenoxy) is 1. The summed E-state index contributed by atoms with van der Waals surface area (Å²) >= 11 is 1.97. The van der Waals surface area contributed by atoms with Gasteiger partial charge in [-0.2, -0.15) is 5.48 Å². The van der Waals surface area contributed by atoms with E-state index < -0.39 is 24.6 Å². The first-order chi connectivity index (χ1) is 13.2. The molecule has 28 heavy (non-hydrogen) atoms. The van der Waals surface area contributed by atoms with Gasteiger partial charge in [0.2, 0.25) is 0 Å². The van der Waals surface area contributed by atoms with E-state index in [-0.39, 0.29) is 34.9 Å². The van der Waals surface area contributed by atoms with E-state index in [0.717, 1.165) is 0 Å². The molecule has 0 aliphatic heterocycles. The second kappa shape index (κ2) is 9.82. The molecule has 2 aromatic rings. The summed E-state index contributed by atoms with van der Waals surface area (Å²) in [5.74, 6) is -0.579. The van der Waals surface area contributed by atoms with Crippen LogP contribution in [-0.4, -0.2) is 40.2 Å². The molecular weight excluding hydrogens is 488 g/mol. The number of nitrogens with zero attached hydrogens (tertiary/aromatic N) is 1. The molecule has 1 heterocycles. The van der Waals surface area contributed by atoms with Gasteiger partial charge in [-0.1, -0.05) is 0 Å². The minimum absolute atomic E-state index is 0.0404. The van der Waals surface area contributed by atoms with Crippen molar-refractivity contribution in [3.8, 4) is 5.75 Å². The summed E-state index contributed by atoms with van der Waals surface area (Å²) in [5, 5.41) is 20.6. The molecule has 1 aromatic carbocycles. The van der Waals surface area contributed by atoms with E-state index >= 15 is 0 Å². The van der Waals surface area contributed by atoms with Crippen molar-refractivity contribution in [1.82, 2.24) is 10.0 Å². The quantitative estimate of drug-likeness (QED) is 0.332. The molecule has 0 unspecified atom stereocenters. The third-order valence-electron chi connectivity index (χ3n) is 3.61. The lowest BCUT2D eigenvalue weighted by molar-refractivity contribution is -0.0290. The fraction of sp³-hybridized carbons (Fsp3) is 0.294. The van der Waals surface area contributed by atoms with E-state index in [9.17, 15) is 14.0 Å². The van der Waals surface area contributed by atoms with Crippen molar-refractivity contribution in [3.05, 3.63) is 49.7 Å². The first kappa shape index (κ1) is 22.1. The molecule has 11 heteroatoms. The van der Waals surface area contributed by atoms with Crippen LogP contribution in [0.5, 0.6) is 5.75 Å². The third-order valence-corrected chi connectivity index (χ3v) is 4.28. The van der Waals surface area contributed by atoms with E-state index in [4.69, 9.17) is 19.8 Å². The van der Waals surface area contributed by atoms with Crippen molar-refractivity contribution in [2.24, 2.45) is 7.05 Å². The van der Waals surface area contributed by atoms with Crippen LogP contribution in [0.2, 0.25) is 0 Å². The van der Waals surface area contributed by atoms with Crippen LogP contribution in [0.15, 0.2) is 29.2 Å². The van der Waals surface area contributed by atoms with Gasteiger partial charge >= 0.3 is 6.09 Å². The van der Waals surface area contributed by atoms with Gasteiger partial charge in [0.1, 0.15) is 18.5 Å². The number of carbonyl (C=O) groups is 1. The molecule has 0 saturated carbocycles. The van der Waals surface area contributed by atoms with E-state index in [0.29, 0.717) is 3.57 Å². The van der Waals surface area contributed by atoms with Crippen molar-refractivity contribution in [2.75, 3.05) is 18.5 Å². The molecule has 1 amide bonds. The minimum Gasteiger partial charge on any atom is -0.405 e. The summed E-state index contributed by atoms with van der Waals surface area (Å²) in [4.78, 5) is 28.9. The van der Waals surface area contributed by atoms with Crippen molar-refractivity contribution in [3.63, 3.8) is 0 Å². The molecule has 0 saturated heterocycles. The lowest BCUT2D eigenvalue weighted by Gasteiger charge is -2.17. The first-order valence-corrected chi connectivity index (χ1v) is 9.11. The zero-order valence-corrected chi connectivity index (χ0v) is 17.2. The number of rotatable bonds is 7. The van der Waals surface area contributed by atoms with Crippen molar-refractivity contribution in [2.45, 2.75) is 13.0 Å². The molecule has 0 aliphatic carbocycles. The fourth-order valence-electron chi connectivity index (χ4n) is 2.18. The number of hydrogen-bond acceptors (Lipinski definition) is 7. The van der Waals surface area contributed by atoms with Gasteiger partial charge in [-0.3, -0.25) is 9.63 Å². The van der Waals surface area contributed by atoms with Crippen LogP contribution in [0.3, 0.4) is 0 Å². The average Bonchev–Trinajstić information content (AvgIpc) is 2.64. The van der Waals surface area contributed by atoms with Gasteiger partial charge < -0.3 is 24.8 Å². The Morgan fingerprint density at radius 1 is 1.43 bits per heavy atom. The van der Waals surface area contributed by atoms with Gasteiger partial charge in [-0.15, -0.1) is 0 Å². The number of aromatic nitrogens is 1. The number of aryl methyl sites for hydroxylation is 1. The Morgan fingerprint density at radius 3 is 2.79 bits per heavy atom. The van der Waals surface area contributed by atoms with Crippen molar-refractivity contribution >= 4 is 40.1 Å². The van der Waals surface area contributed by atoms with Crippen LogP contribution in [-0.2, 0) is 11.9 Å². The second-order valence-electron chi connectivity index (χ2n) is 5.80. The minimum atomic E-state index is -1.17. The van der Waals surface area contributed by atoms with Gasteiger partial charge in [0.15, 0.2) is 5.75 Å². The Kier molecular flexibility index (Phi) is 7.74. The smallest absolute Gasteiger partial charge is 0.405 e. The number of benzene rings is 1.